The second-order valence-electron chi connectivity index (χ2n) is 5.46. The van der Waals surface area contributed by atoms with Crippen LogP contribution in [-0.2, 0) is 4.74 Å². The third-order valence-electron chi connectivity index (χ3n) is 4.05. The molecule has 3 rings (SSSR count). The minimum absolute atomic E-state index is 0.483. The quantitative estimate of drug-likeness (QED) is 0.837. The lowest BCUT2D eigenvalue weighted by Gasteiger charge is -2.42. The van der Waals surface area contributed by atoms with Crippen LogP contribution in [0.5, 0.6) is 0 Å². The lowest BCUT2D eigenvalue weighted by molar-refractivity contribution is 0.00433. The molecule has 1 aromatic heterocycles. The van der Waals surface area contributed by atoms with Gasteiger partial charge in [0.2, 0.25) is 5.95 Å². The highest BCUT2D eigenvalue weighted by atomic mass is 19.1. The Balaban J connectivity index is 1.87. The monoisotopic (exact) mass is 290 g/mol. The van der Waals surface area contributed by atoms with Crippen molar-refractivity contribution in [2.45, 2.75) is 19.0 Å². The second-order valence-corrected chi connectivity index (χ2v) is 5.46. The van der Waals surface area contributed by atoms with Crippen LogP contribution in [0.15, 0.2) is 29.0 Å². The van der Waals surface area contributed by atoms with E-state index in [0.717, 1.165) is 29.9 Å². The van der Waals surface area contributed by atoms with Gasteiger partial charge in [-0.05, 0) is 30.2 Å². The third-order valence-corrected chi connectivity index (χ3v) is 4.05. The van der Waals surface area contributed by atoms with Crippen molar-refractivity contribution in [2.24, 2.45) is 10.7 Å². The van der Waals surface area contributed by atoms with Gasteiger partial charge in [0.15, 0.2) is 0 Å². The Morgan fingerprint density at radius 1 is 1.33 bits per heavy atom. The number of nitrogens with two attached hydrogens (primary N) is 1. The van der Waals surface area contributed by atoms with Crippen LogP contribution in [0.25, 0.3) is 5.57 Å². The maximum atomic E-state index is 13.0. The standard InChI is InChI=1S/C15H19FN4O/c1-11-13(12-2-3-14(16)18-9-12)8-15(17,10-19-11)20-4-6-21-7-5-20/h2-3,9-10H,4-8,17H2,1H3. The van der Waals surface area contributed by atoms with Crippen molar-refractivity contribution in [1.29, 1.82) is 0 Å². The molecule has 0 bridgehead atoms. The molecule has 0 aromatic carbocycles. The largest absolute Gasteiger partial charge is 0.379 e. The van der Waals surface area contributed by atoms with E-state index in [0.29, 0.717) is 19.6 Å². The van der Waals surface area contributed by atoms with Crippen LogP contribution in [-0.4, -0.2) is 48.1 Å². The summed E-state index contributed by atoms with van der Waals surface area (Å²) in [4.78, 5) is 10.4. The third kappa shape index (κ3) is 2.88. The van der Waals surface area contributed by atoms with Crippen LogP contribution in [0, 0.1) is 5.95 Å². The maximum Gasteiger partial charge on any atom is 0.212 e. The molecule has 2 aliphatic heterocycles. The highest BCUT2D eigenvalue weighted by molar-refractivity contribution is 5.82. The van der Waals surface area contributed by atoms with Gasteiger partial charge < -0.3 is 10.5 Å². The average Bonchev–Trinajstić information content (AvgIpc) is 2.52. The van der Waals surface area contributed by atoms with E-state index in [1.54, 1.807) is 6.07 Å². The smallest absolute Gasteiger partial charge is 0.212 e. The topological polar surface area (TPSA) is 63.7 Å². The highest BCUT2D eigenvalue weighted by Gasteiger charge is 2.35. The molecule has 2 aliphatic rings. The van der Waals surface area contributed by atoms with Crippen molar-refractivity contribution in [3.05, 3.63) is 35.5 Å². The van der Waals surface area contributed by atoms with Crippen molar-refractivity contribution < 1.29 is 9.13 Å². The van der Waals surface area contributed by atoms with Gasteiger partial charge in [-0.25, -0.2) is 4.98 Å². The zero-order valence-corrected chi connectivity index (χ0v) is 12.1. The lowest BCUT2D eigenvalue weighted by Crippen LogP contribution is -2.61. The molecule has 3 heterocycles. The summed E-state index contributed by atoms with van der Waals surface area (Å²) in [7, 11) is 0. The molecule has 112 valence electrons. The lowest BCUT2D eigenvalue weighted by atomic mass is 9.91. The van der Waals surface area contributed by atoms with Gasteiger partial charge in [-0.2, -0.15) is 4.39 Å². The van der Waals surface area contributed by atoms with Crippen LogP contribution in [0.3, 0.4) is 0 Å². The molecule has 0 saturated carbocycles. The Kier molecular flexibility index (Phi) is 3.84. The van der Waals surface area contributed by atoms with Crippen molar-refractivity contribution in [1.82, 2.24) is 9.88 Å². The van der Waals surface area contributed by atoms with Crippen LogP contribution in [0.1, 0.15) is 18.9 Å². The molecule has 1 saturated heterocycles. The van der Waals surface area contributed by atoms with E-state index in [-0.39, 0.29) is 0 Å². The summed E-state index contributed by atoms with van der Waals surface area (Å²) in [5.74, 6) is -0.483. The van der Waals surface area contributed by atoms with Crippen LogP contribution in [0.2, 0.25) is 0 Å². The predicted molar refractivity (Wildman–Crippen MR) is 79.2 cm³/mol. The average molecular weight is 290 g/mol. The predicted octanol–water partition coefficient (Wildman–Crippen LogP) is 1.41. The van der Waals surface area contributed by atoms with Crippen molar-refractivity contribution in [2.75, 3.05) is 26.3 Å². The van der Waals surface area contributed by atoms with Crippen LogP contribution in [0.4, 0.5) is 4.39 Å². The van der Waals surface area contributed by atoms with Gasteiger partial charge in [0.1, 0.15) is 5.66 Å². The summed E-state index contributed by atoms with van der Waals surface area (Å²) in [6.07, 6.45) is 3.98. The van der Waals surface area contributed by atoms with Gasteiger partial charge in [-0.1, -0.05) is 0 Å². The van der Waals surface area contributed by atoms with Gasteiger partial charge in [0.05, 0.1) is 13.2 Å². The number of nitrogens with zero attached hydrogens (tertiary/aromatic N) is 3. The number of morpholine rings is 1. The Hall–Kier alpha value is -1.63. The highest BCUT2D eigenvalue weighted by Crippen LogP contribution is 2.32. The molecule has 0 aliphatic carbocycles. The molecule has 2 N–H and O–H groups in total. The molecule has 0 spiro atoms. The van der Waals surface area contributed by atoms with E-state index >= 15 is 0 Å². The van der Waals surface area contributed by atoms with E-state index in [9.17, 15) is 4.39 Å². The molecule has 21 heavy (non-hydrogen) atoms. The van der Waals surface area contributed by atoms with E-state index in [2.05, 4.69) is 14.9 Å². The van der Waals surface area contributed by atoms with Gasteiger partial charge >= 0.3 is 0 Å². The first-order valence-electron chi connectivity index (χ1n) is 7.07. The zero-order chi connectivity index (χ0) is 14.9. The van der Waals surface area contributed by atoms with E-state index in [4.69, 9.17) is 10.5 Å². The number of rotatable bonds is 2. The summed E-state index contributed by atoms with van der Waals surface area (Å²) < 4.78 is 18.4. The fourth-order valence-electron chi connectivity index (χ4n) is 2.78. The fourth-order valence-corrected chi connectivity index (χ4v) is 2.78. The first-order chi connectivity index (χ1) is 10.1. The number of pyridine rings is 1. The van der Waals surface area contributed by atoms with E-state index in [1.165, 1.54) is 12.3 Å². The molecule has 0 radical (unpaired) electrons. The summed E-state index contributed by atoms with van der Waals surface area (Å²) in [5.41, 5.74) is 8.71. The second kappa shape index (κ2) is 5.63. The van der Waals surface area contributed by atoms with Gasteiger partial charge in [0, 0.05) is 37.6 Å². The first kappa shape index (κ1) is 14.3. The number of halogens is 1. The minimum atomic E-state index is -0.618. The van der Waals surface area contributed by atoms with Crippen LogP contribution >= 0.6 is 0 Å². The molecule has 1 unspecified atom stereocenters. The minimum Gasteiger partial charge on any atom is -0.379 e. The molecule has 1 fully saturated rings. The summed E-state index contributed by atoms with van der Waals surface area (Å²) in [6, 6.07) is 3.09. The van der Waals surface area contributed by atoms with Crippen molar-refractivity contribution in [3.8, 4) is 0 Å². The molecule has 6 heteroatoms. The number of ether oxygens (including phenoxy) is 1. The fraction of sp³-hybridized carbons (Fsp3) is 0.467. The Bertz CT molecular complexity index is 578. The van der Waals surface area contributed by atoms with Gasteiger partial charge in [-0.15, -0.1) is 0 Å². The van der Waals surface area contributed by atoms with E-state index < -0.39 is 11.6 Å². The number of aliphatic imine (C=N–C) groups is 1. The van der Waals surface area contributed by atoms with Crippen molar-refractivity contribution >= 4 is 11.8 Å². The zero-order valence-electron chi connectivity index (χ0n) is 12.1. The molecular weight excluding hydrogens is 271 g/mol. The molecule has 1 aromatic rings. The maximum absolute atomic E-state index is 13.0. The van der Waals surface area contributed by atoms with Crippen molar-refractivity contribution in [3.63, 3.8) is 0 Å². The molecular formula is C15H19FN4O. The van der Waals surface area contributed by atoms with E-state index in [1.807, 2.05) is 13.1 Å². The normalized spacial score (nSPS) is 27.2. The summed E-state index contributed by atoms with van der Waals surface area (Å²) >= 11 is 0. The summed E-state index contributed by atoms with van der Waals surface area (Å²) in [5, 5.41) is 0. The number of aromatic nitrogens is 1. The van der Waals surface area contributed by atoms with Gasteiger partial charge in [-0.3, -0.25) is 9.89 Å². The van der Waals surface area contributed by atoms with Crippen LogP contribution < -0.4 is 5.73 Å². The summed E-state index contributed by atoms with van der Waals surface area (Å²) in [6.45, 7) is 4.88. The first-order valence-corrected chi connectivity index (χ1v) is 7.07. The Morgan fingerprint density at radius 2 is 2.10 bits per heavy atom. The molecule has 1 atom stereocenters. The number of hydrogen-bond donors (Lipinski definition) is 1. The Labute approximate surface area is 123 Å². The Morgan fingerprint density at radius 3 is 2.76 bits per heavy atom. The number of allylic oxidation sites excluding steroid dienone is 1. The SMILES string of the molecule is CC1=C(c2ccc(F)nc2)CC(N)(N2CCOCC2)C=N1. The molecule has 0 amide bonds. The van der Waals surface area contributed by atoms with Gasteiger partial charge in [0.25, 0.3) is 0 Å². The number of hydrogen-bond acceptors (Lipinski definition) is 5. The molecule has 5 nitrogen and oxygen atoms in total.